The van der Waals surface area contributed by atoms with E-state index in [1.54, 1.807) is 19.2 Å². The summed E-state index contributed by atoms with van der Waals surface area (Å²) in [4.78, 5) is 1.93. The Labute approximate surface area is 124 Å². The zero-order valence-corrected chi connectivity index (χ0v) is 12.5. The Morgan fingerprint density at radius 2 is 1.86 bits per heavy atom. The Balaban J connectivity index is 2.31. The monoisotopic (exact) mass is 290 g/mol. The van der Waals surface area contributed by atoms with Gasteiger partial charge in [-0.25, -0.2) is 8.78 Å². The molecule has 0 bridgehead atoms. The van der Waals surface area contributed by atoms with Crippen LogP contribution in [0.4, 0.5) is 14.5 Å². The lowest BCUT2D eigenvalue weighted by Gasteiger charge is -2.25. The summed E-state index contributed by atoms with van der Waals surface area (Å²) in [5, 5.41) is 3.06. The van der Waals surface area contributed by atoms with E-state index in [1.165, 1.54) is 18.2 Å². The zero-order valence-electron chi connectivity index (χ0n) is 12.5. The van der Waals surface area contributed by atoms with Crippen LogP contribution in [0.2, 0.25) is 0 Å². The molecule has 1 N–H and O–H groups in total. The largest absolute Gasteiger partial charge is 0.370 e. The Morgan fingerprint density at radius 3 is 2.52 bits per heavy atom. The summed E-state index contributed by atoms with van der Waals surface area (Å²) >= 11 is 0. The third-order valence-electron chi connectivity index (χ3n) is 3.62. The predicted octanol–water partition coefficient (Wildman–Crippen LogP) is 3.88. The van der Waals surface area contributed by atoms with E-state index in [0.29, 0.717) is 12.1 Å². The smallest absolute Gasteiger partial charge is 0.130 e. The fourth-order valence-corrected chi connectivity index (χ4v) is 2.43. The number of hydrogen-bond donors (Lipinski definition) is 1. The topological polar surface area (TPSA) is 15.3 Å². The summed E-state index contributed by atoms with van der Waals surface area (Å²) in [6, 6.07) is 11.4. The highest BCUT2D eigenvalue weighted by Crippen LogP contribution is 2.29. The summed E-state index contributed by atoms with van der Waals surface area (Å²) in [7, 11) is 3.68. The Kier molecular flexibility index (Phi) is 4.91. The first-order valence-corrected chi connectivity index (χ1v) is 6.94. The lowest BCUT2D eigenvalue weighted by molar-refractivity contribution is 0.560. The van der Waals surface area contributed by atoms with E-state index in [9.17, 15) is 8.78 Å². The van der Waals surface area contributed by atoms with E-state index in [-0.39, 0.29) is 17.7 Å². The highest BCUT2D eigenvalue weighted by Gasteiger charge is 2.17. The van der Waals surface area contributed by atoms with Crippen molar-refractivity contribution >= 4 is 5.69 Å². The molecular weight excluding hydrogens is 270 g/mol. The third-order valence-corrected chi connectivity index (χ3v) is 3.62. The highest BCUT2D eigenvalue weighted by atomic mass is 19.1. The van der Waals surface area contributed by atoms with E-state index in [0.717, 1.165) is 11.3 Å². The van der Waals surface area contributed by atoms with Gasteiger partial charge in [-0.3, -0.25) is 0 Å². The molecule has 0 saturated carbocycles. The summed E-state index contributed by atoms with van der Waals surface area (Å²) in [6.07, 6.45) is 0. The lowest BCUT2D eigenvalue weighted by Crippen LogP contribution is -2.22. The third kappa shape index (κ3) is 3.58. The van der Waals surface area contributed by atoms with Gasteiger partial charge in [0.2, 0.25) is 0 Å². The molecule has 0 aromatic heterocycles. The minimum atomic E-state index is -0.260. The van der Waals surface area contributed by atoms with Gasteiger partial charge in [0.1, 0.15) is 11.6 Å². The number of hydrogen-bond acceptors (Lipinski definition) is 2. The van der Waals surface area contributed by atoms with Gasteiger partial charge in [-0.2, -0.15) is 0 Å². The Bertz CT molecular complexity index is 613. The van der Waals surface area contributed by atoms with E-state index < -0.39 is 0 Å². The van der Waals surface area contributed by atoms with Gasteiger partial charge in [0, 0.05) is 30.9 Å². The van der Waals surface area contributed by atoms with E-state index >= 15 is 0 Å². The van der Waals surface area contributed by atoms with Crippen LogP contribution in [0.3, 0.4) is 0 Å². The molecule has 2 nitrogen and oxygen atoms in total. The molecule has 2 rings (SSSR count). The molecule has 2 aromatic carbocycles. The van der Waals surface area contributed by atoms with Crippen molar-refractivity contribution in [3.05, 3.63) is 65.2 Å². The minimum Gasteiger partial charge on any atom is -0.370 e. The van der Waals surface area contributed by atoms with Crippen molar-refractivity contribution in [1.82, 2.24) is 5.32 Å². The zero-order chi connectivity index (χ0) is 15.4. The van der Waals surface area contributed by atoms with Gasteiger partial charge in [-0.05, 0) is 43.8 Å². The second kappa shape index (κ2) is 6.68. The van der Waals surface area contributed by atoms with E-state index in [2.05, 4.69) is 5.32 Å². The van der Waals surface area contributed by atoms with Crippen molar-refractivity contribution in [3.8, 4) is 0 Å². The molecule has 1 unspecified atom stereocenters. The first-order chi connectivity index (χ1) is 10.0. The number of halogens is 2. The number of rotatable bonds is 5. The Morgan fingerprint density at radius 1 is 1.14 bits per heavy atom. The first-order valence-electron chi connectivity index (χ1n) is 6.94. The molecule has 21 heavy (non-hydrogen) atoms. The molecule has 0 aliphatic rings. The van der Waals surface area contributed by atoms with Crippen LogP contribution in [0.25, 0.3) is 0 Å². The van der Waals surface area contributed by atoms with Crippen molar-refractivity contribution in [2.24, 2.45) is 0 Å². The van der Waals surface area contributed by atoms with Gasteiger partial charge in [0.05, 0.1) is 0 Å². The standard InChI is InChI=1S/C17H20F2N2/c1-12(20-2)17-15(19)8-5-9-16(17)21(3)11-13-6-4-7-14(18)10-13/h4-10,12,20H,11H2,1-3H3. The fourth-order valence-electron chi connectivity index (χ4n) is 2.43. The molecule has 0 heterocycles. The number of nitrogens with one attached hydrogen (secondary N) is 1. The summed E-state index contributed by atoms with van der Waals surface area (Å²) < 4.78 is 27.4. The van der Waals surface area contributed by atoms with Crippen molar-refractivity contribution in [2.45, 2.75) is 19.5 Å². The quantitative estimate of drug-likeness (QED) is 0.899. The van der Waals surface area contributed by atoms with Crippen LogP contribution in [-0.4, -0.2) is 14.1 Å². The predicted molar refractivity (Wildman–Crippen MR) is 82.4 cm³/mol. The molecule has 0 aliphatic heterocycles. The maximum absolute atomic E-state index is 14.1. The van der Waals surface area contributed by atoms with Crippen LogP contribution in [0.15, 0.2) is 42.5 Å². The van der Waals surface area contributed by atoms with Crippen LogP contribution in [0, 0.1) is 11.6 Å². The molecular formula is C17H20F2N2. The van der Waals surface area contributed by atoms with Crippen molar-refractivity contribution < 1.29 is 8.78 Å². The van der Waals surface area contributed by atoms with E-state index in [1.807, 2.05) is 31.0 Å². The van der Waals surface area contributed by atoms with Crippen molar-refractivity contribution in [2.75, 3.05) is 19.0 Å². The molecule has 0 fully saturated rings. The summed E-state index contributed by atoms with van der Waals surface area (Å²) in [6.45, 7) is 2.43. The molecule has 0 spiro atoms. The lowest BCUT2D eigenvalue weighted by atomic mass is 10.0. The normalized spacial score (nSPS) is 12.2. The number of nitrogens with zero attached hydrogens (tertiary/aromatic N) is 1. The number of anilines is 1. The Hall–Kier alpha value is -1.94. The van der Waals surface area contributed by atoms with Gasteiger partial charge in [0.15, 0.2) is 0 Å². The van der Waals surface area contributed by atoms with Crippen LogP contribution in [0.1, 0.15) is 24.1 Å². The molecule has 0 radical (unpaired) electrons. The van der Waals surface area contributed by atoms with Gasteiger partial charge in [0.25, 0.3) is 0 Å². The maximum atomic E-state index is 14.1. The minimum absolute atomic E-state index is 0.101. The molecule has 0 aliphatic carbocycles. The van der Waals surface area contributed by atoms with Crippen LogP contribution >= 0.6 is 0 Å². The van der Waals surface area contributed by atoms with Gasteiger partial charge in [-0.15, -0.1) is 0 Å². The average Bonchev–Trinajstić information content (AvgIpc) is 2.46. The van der Waals surface area contributed by atoms with Gasteiger partial charge < -0.3 is 10.2 Å². The number of benzene rings is 2. The molecule has 2 aromatic rings. The second-order valence-corrected chi connectivity index (χ2v) is 5.17. The molecule has 112 valence electrons. The molecule has 0 saturated heterocycles. The first kappa shape index (κ1) is 15.4. The molecule has 0 amide bonds. The SMILES string of the molecule is CNC(C)c1c(F)cccc1N(C)Cc1cccc(F)c1. The molecule has 4 heteroatoms. The second-order valence-electron chi connectivity index (χ2n) is 5.17. The summed E-state index contributed by atoms with van der Waals surface area (Å²) in [5.74, 6) is -0.496. The van der Waals surface area contributed by atoms with Crippen molar-refractivity contribution in [1.29, 1.82) is 0 Å². The van der Waals surface area contributed by atoms with Crippen molar-refractivity contribution in [3.63, 3.8) is 0 Å². The maximum Gasteiger partial charge on any atom is 0.130 e. The van der Waals surface area contributed by atoms with Gasteiger partial charge >= 0.3 is 0 Å². The van der Waals surface area contributed by atoms with Crippen LogP contribution in [-0.2, 0) is 6.54 Å². The van der Waals surface area contributed by atoms with Gasteiger partial charge in [-0.1, -0.05) is 18.2 Å². The fraction of sp³-hybridized carbons (Fsp3) is 0.294. The highest BCUT2D eigenvalue weighted by molar-refractivity contribution is 5.55. The molecule has 1 atom stereocenters. The average molecular weight is 290 g/mol. The summed E-state index contributed by atoms with van der Waals surface area (Å²) in [5.41, 5.74) is 2.28. The van der Waals surface area contributed by atoms with E-state index in [4.69, 9.17) is 0 Å². The van der Waals surface area contributed by atoms with Crippen LogP contribution < -0.4 is 10.2 Å². The van der Waals surface area contributed by atoms with Crippen LogP contribution in [0.5, 0.6) is 0 Å².